The zero-order valence-electron chi connectivity index (χ0n) is 19.2. The number of morpholine rings is 1. The van der Waals surface area contributed by atoms with Gasteiger partial charge in [0.05, 0.1) is 55.4 Å². The van der Waals surface area contributed by atoms with E-state index in [4.69, 9.17) is 14.8 Å². The molecular weight excluding hydrogens is 432 g/mol. The highest BCUT2D eigenvalue weighted by atomic mass is 16.5. The van der Waals surface area contributed by atoms with Gasteiger partial charge in [-0.25, -0.2) is 4.98 Å². The Kier molecular flexibility index (Phi) is 6.85. The molecule has 1 saturated carbocycles. The van der Waals surface area contributed by atoms with Crippen molar-refractivity contribution in [1.82, 2.24) is 24.6 Å². The van der Waals surface area contributed by atoms with Gasteiger partial charge in [0.25, 0.3) is 0 Å². The first kappa shape index (κ1) is 22.5. The summed E-state index contributed by atoms with van der Waals surface area (Å²) in [7, 11) is 0. The van der Waals surface area contributed by atoms with E-state index in [2.05, 4.69) is 31.7 Å². The Hall–Kier alpha value is -3.26. The third-order valence-electron chi connectivity index (χ3n) is 6.64. The van der Waals surface area contributed by atoms with Crippen molar-refractivity contribution in [1.29, 1.82) is 5.26 Å². The first-order valence-electron chi connectivity index (χ1n) is 11.9. The number of nitrogens with zero attached hydrogens (tertiary/aromatic N) is 6. The molecule has 178 valence electrons. The second-order valence-corrected chi connectivity index (χ2v) is 8.88. The van der Waals surface area contributed by atoms with Gasteiger partial charge < -0.3 is 20.5 Å². The maximum atomic E-state index is 9.39. The van der Waals surface area contributed by atoms with Crippen molar-refractivity contribution in [3.63, 3.8) is 0 Å². The maximum Gasteiger partial charge on any atom is 0.229 e. The topological polar surface area (TPSA) is 124 Å². The fraction of sp³-hybridized carbons (Fsp3) is 0.500. The van der Waals surface area contributed by atoms with Gasteiger partial charge in [-0.05, 0) is 43.9 Å². The van der Waals surface area contributed by atoms with Crippen molar-refractivity contribution in [2.45, 2.75) is 44.3 Å². The number of anilines is 3. The van der Waals surface area contributed by atoms with Crippen LogP contribution < -0.4 is 10.6 Å². The third-order valence-corrected chi connectivity index (χ3v) is 6.64. The fourth-order valence-corrected chi connectivity index (χ4v) is 4.87. The molecule has 1 aromatic carbocycles. The van der Waals surface area contributed by atoms with Crippen LogP contribution in [-0.4, -0.2) is 74.7 Å². The summed E-state index contributed by atoms with van der Waals surface area (Å²) in [5.41, 5.74) is 2.10. The quantitative estimate of drug-likeness (QED) is 0.486. The Bertz CT molecular complexity index is 1160. The Labute approximate surface area is 198 Å². The van der Waals surface area contributed by atoms with Gasteiger partial charge in [0.2, 0.25) is 5.95 Å². The van der Waals surface area contributed by atoms with Gasteiger partial charge in [0, 0.05) is 36.8 Å². The molecule has 0 amide bonds. The molecule has 1 aliphatic heterocycles. The SMILES string of the molecule is N#Cc1ccc2nc(Nc3cnn(CCO)c3)nc(N[C@H]3CC[C@H](N4CCOCC4)CC3)c2c1. The van der Waals surface area contributed by atoms with E-state index in [1.54, 1.807) is 16.9 Å². The number of aromatic nitrogens is 4. The van der Waals surface area contributed by atoms with Crippen LogP contribution in [0.15, 0.2) is 30.6 Å². The Morgan fingerprint density at radius 3 is 2.74 bits per heavy atom. The summed E-state index contributed by atoms with van der Waals surface area (Å²) in [5, 5.41) is 30.5. The van der Waals surface area contributed by atoms with E-state index < -0.39 is 0 Å². The fourth-order valence-electron chi connectivity index (χ4n) is 4.87. The molecule has 0 spiro atoms. The summed E-state index contributed by atoms with van der Waals surface area (Å²) in [6.45, 7) is 4.18. The van der Waals surface area contributed by atoms with Crippen LogP contribution in [0.5, 0.6) is 0 Å². The highest BCUT2D eigenvalue weighted by molar-refractivity contribution is 5.91. The number of fused-ring (bicyclic) bond motifs is 1. The molecule has 3 N–H and O–H groups in total. The number of nitrogens with one attached hydrogen (secondary N) is 2. The van der Waals surface area contributed by atoms with Gasteiger partial charge in [-0.15, -0.1) is 0 Å². The standard InChI is InChI=1S/C24H30N8O2/c25-14-17-1-6-22-21(13-17)23(30-24(29-22)28-19-15-26-32(16-19)7-10-33)27-18-2-4-20(5-3-18)31-8-11-34-12-9-31/h1,6,13,15-16,18,20,33H,2-5,7-12H2,(H2,27,28,29,30)/t18-,20-. The average molecular weight is 463 g/mol. The van der Waals surface area contributed by atoms with Crippen LogP contribution in [0.3, 0.4) is 0 Å². The summed E-state index contributed by atoms with van der Waals surface area (Å²) in [4.78, 5) is 12.0. The number of rotatable bonds is 7. The molecule has 34 heavy (non-hydrogen) atoms. The molecule has 3 aromatic rings. The van der Waals surface area contributed by atoms with E-state index >= 15 is 0 Å². The molecule has 10 heteroatoms. The molecule has 0 unspecified atom stereocenters. The Balaban J connectivity index is 1.34. The first-order chi connectivity index (χ1) is 16.7. The van der Waals surface area contributed by atoms with Crippen molar-refractivity contribution in [3.05, 3.63) is 36.2 Å². The van der Waals surface area contributed by atoms with Gasteiger partial charge in [-0.1, -0.05) is 0 Å². The van der Waals surface area contributed by atoms with Crippen LogP contribution in [0.4, 0.5) is 17.5 Å². The van der Waals surface area contributed by atoms with Gasteiger partial charge in [-0.3, -0.25) is 9.58 Å². The molecule has 5 rings (SSSR count). The molecule has 3 heterocycles. The molecule has 10 nitrogen and oxygen atoms in total. The summed E-state index contributed by atoms with van der Waals surface area (Å²) in [6.07, 6.45) is 7.94. The number of nitriles is 1. The average Bonchev–Trinajstić information content (AvgIpc) is 3.32. The largest absolute Gasteiger partial charge is 0.394 e. The van der Waals surface area contributed by atoms with Crippen molar-refractivity contribution in [3.8, 4) is 6.07 Å². The second kappa shape index (κ2) is 10.3. The molecule has 0 atom stereocenters. The number of ether oxygens (including phenoxy) is 1. The zero-order valence-corrected chi connectivity index (χ0v) is 19.2. The Morgan fingerprint density at radius 1 is 1.15 bits per heavy atom. The lowest BCUT2D eigenvalue weighted by Gasteiger charge is -2.39. The molecule has 0 radical (unpaired) electrons. The highest BCUT2D eigenvalue weighted by Gasteiger charge is 2.27. The molecular formula is C24H30N8O2. The third kappa shape index (κ3) is 5.12. The monoisotopic (exact) mass is 462 g/mol. The summed E-state index contributed by atoms with van der Waals surface area (Å²) >= 11 is 0. The van der Waals surface area contributed by atoms with Crippen LogP contribution in [0, 0.1) is 11.3 Å². The molecule has 1 aliphatic carbocycles. The number of aliphatic hydroxyl groups excluding tert-OH is 1. The lowest BCUT2D eigenvalue weighted by atomic mass is 9.90. The van der Waals surface area contributed by atoms with E-state index in [9.17, 15) is 5.26 Å². The Morgan fingerprint density at radius 2 is 1.97 bits per heavy atom. The van der Waals surface area contributed by atoms with Gasteiger partial charge >= 0.3 is 0 Å². The van der Waals surface area contributed by atoms with Gasteiger partial charge in [0.15, 0.2) is 0 Å². The number of aliphatic hydroxyl groups is 1. The lowest BCUT2D eigenvalue weighted by molar-refractivity contribution is 0.00791. The van der Waals surface area contributed by atoms with Crippen LogP contribution in [0.25, 0.3) is 10.9 Å². The molecule has 2 aliphatic rings. The van der Waals surface area contributed by atoms with E-state index in [1.807, 2.05) is 18.3 Å². The van der Waals surface area contributed by atoms with E-state index in [0.717, 1.165) is 74.4 Å². The van der Waals surface area contributed by atoms with E-state index in [-0.39, 0.29) is 6.61 Å². The maximum absolute atomic E-state index is 9.39. The van der Waals surface area contributed by atoms with Crippen molar-refractivity contribution >= 4 is 28.4 Å². The van der Waals surface area contributed by atoms with Gasteiger partial charge in [0.1, 0.15) is 5.82 Å². The minimum absolute atomic E-state index is 0.0245. The molecule has 1 saturated heterocycles. The zero-order chi connectivity index (χ0) is 23.3. The minimum Gasteiger partial charge on any atom is -0.394 e. The summed E-state index contributed by atoms with van der Waals surface area (Å²) in [6, 6.07) is 8.64. The lowest BCUT2D eigenvalue weighted by Crippen LogP contribution is -2.46. The number of benzene rings is 1. The molecule has 2 fully saturated rings. The predicted molar refractivity (Wildman–Crippen MR) is 129 cm³/mol. The van der Waals surface area contributed by atoms with E-state index in [0.29, 0.717) is 30.1 Å². The van der Waals surface area contributed by atoms with Crippen LogP contribution in [0.2, 0.25) is 0 Å². The van der Waals surface area contributed by atoms with Crippen LogP contribution in [-0.2, 0) is 11.3 Å². The summed E-state index contributed by atoms with van der Waals surface area (Å²) in [5.74, 6) is 1.20. The number of hydrogen-bond acceptors (Lipinski definition) is 9. The first-order valence-corrected chi connectivity index (χ1v) is 11.9. The van der Waals surface area contributed by atoms with Crippen molar-refractivity contribution in [2.75, 3.05) is 43.5 Å². The predicted octanol–water partition coefficient (Wildman–Crippen LogP) is 2.49. The van der Waals surface area contributed by atoms with Gasteiger partial charge in [-0.2, -0.15) is 15.3 Å². The van der Waals surface area contributed by atoms with Crippen molar-refractivity contribution in [2.24, 2.45) is 0 Å². The van der Waals surface area contributed by atoms with Crippen LogP contribution in [0.1, 0.15) is 31.2 Å². The highest BCUT2D eigenvalue weighted by Crippen LogP contribution is 2.30. The van der Waals surface area contributed by atoms with E-state index in [1.165, 1.54) is 0 Å². The second-order valence-electron chi connectivity index (χ2n) is 8.88. The van der Waals surface area contributed by atoms with Crippen LogP contribution >= 0.6 is 0 Å². The van der Waals surface area contributed by atoms with Crippen molar-refractivity contribution < 1.29 is 9.84 Å². The normalized spacial score (nSPS) is 21.3. The minimum atomic E-state index is 0.0245. The molecule has 0 bridgehead atoms. The number of hydrogen-bond donors (Lipinski definition) is 3. The smallest absolute Gasteiger partial charge is 0.229 e. The molecule has 2 aromatic heterocycles. The summed E-state index contributed by atoms with van der Waals surface area (Å²) < 4.78 is 7.17.